The molecule has 1 aliphatic rings. The average molecular weight is 523 g/mol. The first-order chi connectivity index (χ1) is 18.4. The number of aryl methyl sites for hydroxylation is 1. The number of benzene rings is 1. The van der Waals surface area contributed by atoms with Gasteiger partial charge in [-0.1, -0.05) is 0 Å². The predicted octanol–water partition coefficient (Wildman–Crippen LogP) is 4.37. The second-order valence-corrected chi connectivity index (χ2v) is 8.95. The van der Waals surface area contributed by atoms with Gasteiger partial charge in [-0.15, -0.1) is 0 Å². The molecule has 0 atom stereocenters. The van der Waals surface area contributed by atoms with Crippen molar-refractivity contribution in [3.8, 4) is 17.2 Å². The summed E-state index contributed by atoms with van der Waals surface area (Å²) in [5.41, 5.74) is 1.46. The molecule has 1 fully saturated rings. The van der Waals surface area contributed by atoms with Crippen LogP contribution in [0.15, 0.2) is 62.9 Å². The number of hydrogen-bond acceptors (Lipinski definition) is 7. The van der Waals surface area contributed by atoms with E-state index < -0.39 is 11.6 Å². The molecule has 0 spiro atoms. The first-order valence-corrected chi connectivity index (χ1v) is 12.0. The lowest BCUT2D eigenvalue weighted by atomic mass is 10.2. The minimum absolute atomic E-state index is 0.109. The second-order valence-electron chi connectivity index (χ2n) is 8.95. The molecule has 0 amide bonds. The van der Waals surface area contributed by atoms with E-state index in [-0.39, 0.29) is 23.4 Å². The third-order valence-electron chi connectivity index (χ3n) is 6.23. The molecule has 10 nitrogen and oxygen atoms in total. The van der Waals surface area contributed by atoms with Gasteiger partial charge in [0.15, 0.2) is 35.7 Å². The van der Waals surface area contributed by atoms with Crippen LogP contribution in [0, 0.1) is 18.6 Å². The number of furan rings is 1. The van der Waals surface area contributed by atoms with Crippen molar-refractivity contribution in [1.82, 2.24) is 25.0 Å². The number of piperazine rings is 1. The molecule has 1 aliphatic heterocycles. The van der Waals surface area contributed by atoms with E-state index in [0.29, 0.717) is 34.6 Å². The van der Waals surface area contributed by atoms with E-state index in [1.54, 1.807) is 37.5 Å². The van der Waals surface area contributed by atoms with Gasteiger partial charge in [0.05, 0.1) is 11.8 Å². The van der Waals surface area contributed by atoms with Gasteiger partial charge in [0.1, 0.15) is 17.4 Å². The highest BCUT2D eigenvalue weighted by atomic mass is 19.1. The van der Waals surface area contributed by atoms with E-state index >= 15 is 0 Å². The number of aromatic amines is 2. The van der Waals surface area contributed by atoms with E-state index in [2.05, 4.69) is 54.0 Å². The zero-order chi connectivity index (χ0) is 26.6. The molecule has 5 rings (SSSR count). The van der Waals surface area contributed by atoms with Gasteiger partial charge in [0.25, 0.3) is 0 Å². The molecule has 12 heteroatoms. The summed E-state index contributed by atoms with van der Waals surface area (Å²) in [5, 5.41) is 10.4. The Morgan fingerprint density at radius 1 is 1.26 bits per heavy atom. The van der Waals surface area contributed by atoms with Crippen LogP contribution in [0.1, 0.15) is 5.69 Å². The van der Waals surface area contributed by atoms with Gasteiger partial charge < -0.3 is 29.3 Å². The van der Waals surface area contributed by atoms with Crippen molar-refractivity contribution < 1.29 is 17.9 Å². The fourth-order valence-electron chi connectivity index (χ4n) is 4.20. The van der Waals surface area contributed by atoms with E-state index in [1.807, 2.05) is 6.07 Å². The summed E-state index contributed by atoms with van der Waals surface area (Å²) in [4.78, 5) is 15.7. The van der Waals surface area contributed by atoms with Crippen molar-refractivity contribution >= 4 is 29.3 Å². The van der Waals surface area contributed by atoms with E-state index in [9.17, 15) is 8.78 Å². The maximum absolute atomic E-state index is 15.0. The number of halogens is 2. The minimum atomic E-state index is -0.640. The summed E-state index contributed by atoms with van der Waals surface area (Å²) in [6.07, 6.45) is 3.30. The Bertz CT molecular complexity index is 1480. The molecule has 198 valence electrons. The van der Waals surface area contributed by atoms with Crippen LogP contribution in [0.2, 0.25) is 0 Å². The van der Waals surface area contributed by atoms with E-state index in [0.717, 1.165) is 32.2 Å². The molecule has 0 bridgehead atoms. The van der Waals surface area contributed by atoms with Gasteiger partial charge in [0.2, 0.25) is 0 Å². The van der Waals surface area contributed by atoms with Crippen LogP contribution in [-0.4, -0.2) is 77.5 Å². The Hall–Kier alpha value is -4.45. The summed E-state index contributed by atoms with van der Waals surface area (Å²) in [5.74, 6) is 0.687. The van der Waals surface area contributed by atoms with Crippen LogP contribution in [0.4, 0.5) is 14.6 Å². The summed E-state index contributed by atoms with van der Waals surface area (Å²) in [7, 11) is 2.05. The highest BCUT2D eigenvalue weighted by molar-refractivity contribution is 5.94. The monoisotopic (exact) mass is 522 g/mol. The third-order valence-corrected chi connectivity index (χ3v) is 6.23. The molecule has 1 aromatic carbocycles. The normalized spacial score (nSPS) is 15.3. The lowest BCUT2D eigenvalue weighted by molar-refractivity contribution is 0.214. The summed E-state index contributed by atoms with van der Waals surface area (Å²) in [6.45, 7) is 8.29. The predicted molar refractivity (Wildman–Crippen MR) is 142 cm³/mol. The number of aliphatic imine (C=N–C) groups is 2. The molecule has 3 aromatic heterocycles. The SMILES string of the molecule is C=N/C(=C\C(=N/COc1cc(F)c2[nH]c(C)cc2c1F)N1CCN(C)CC1)Nc1cc(-c2ccco2)[nH]n1. The number of likely N-dealkylation sites (N-methyl/N-ethyl adjacent to an activating group) is 1. The number of H-pyrrole nitrogens is 2. The number of fused-ring (bicyclic) bond motifs is 1. The van der Waals surface area contributed by atoms with Crippen molar-refractivity contribution in [2.75, 3.05) is 45.3 Å². The van der Waals surface area contributed by atoms with Gasteiger partial charge in [0, 0.05) is 55.5 Å². The van der Waals surface area contributed by atoms with Crippen LogP contribution >= 0.6 is 0 Å². The van der Waals surface area contributed by atoms with Crippen molar-refractivity contribution in [1.29, 1.82) is 0 Å². The third kappa shape index (κ3) is 5.44. The van der Waals surface area contributed by atoms with Gasteiger partial charge >= 0.3 is 0 Å². The number of aromatic nitrogens is 3. The molecule has 4 heterocycles. The van der Waals surface area contributed by atoms with Gasteiger partial charge in [-0.25, -0.2) is 18.8 Å². The number of anilines is 1. The Balaban J connectivity index is 1.37. The van der Waals surface area contributed by atoms with Crippen LogP contribution in [0.3, 0.4) is 0 Å². The number of hydrogen-bond donors (Lipinski definition) is 3. The number of nitrogens with one attached hydrogen (secondary N) is 3. The number of nitrogens with zero attached hydrogens (tertiary/aromatic N) is 5. The molecule has 1 saturated heterocycles. The minimum Gasteiger partial charge on any atom is -0.468 e. The highest BCUT2D eigenvalue weighted by Crippen LogP contribution is 2.29. The van der Waals surface area contributed by atoms with E-state index in [4.69, 9.17) is 9.15 Å². The lowest BCUT2D eigenvalue weighted by Crippen LogP contribution is -2.47. The van der Waals surface area contributed by atoms with Gasteiger partial charge in [-0.2, -0.15) is 5.10 Å². The molecule has 3 N–H and O–H groups in total. The smallest absolute Gasteiger partial charge is 0.181 e. The summed E-state index contributed by atoms with van der Waals surface area (Å²) >= 11 is 0. The van der Waals surface area contributed by atoms with Gasteiger partial charge in [-0.3, -0.25) is 5.10 Å². The summed E-state index contributed by atoms with van der Waals surface area (Å²) < 4.78 is 40.4. The zero-order valence-electron chi connectivity index (χ0n) is 21.1. The molecule has 0 unspecified atom stereocenters. The maximum atomic E-state index is 15.0. The first-order valence-electron chi connectivity index (χ1n) is 12.0. The Labute approximate surface area is 217 Å². The fraction of sp³-hybridized carbons (Fsp3) is 0.269. The number of amidine groups is 1. The molecule has 38 heavy (non-hydrogen) atoms. The molecule has 0 saturated carbocycles. The molecular weight excluding hydrogens is 494 g/mol. The topological polar surface area (TPSA) is 110 Å². The van der Waals surface area contributed by atoms with Crippen LogP contribution in [-0.2, 0) is 0 Å². The molecule has 4 aromatic rings. The fourth-order valence-corrected chi connectivity index (χ4v) is 4.20. The Morgan fingerprint density at radius 3 is 2.82 bits per heavy atom. The average Bonchev–Trinajstić information content (AvgIpc) is 3.67. The first kappa shape index (κ1) is 25.2. The van der Waals surface area contributed by atoms with Crippen LogP contribution < -0.4 is 10.1 Å². The highest BCUT2D eigenvalue weighted by Gasteiger charge is 2.19. The number of ether oxygens (including phenoxy) is 1. The Kier molecular flexibility index (Phi) is 7.22. The van der Waals surface area contributed by atoms with Crippen LogP contribution in [0.25, 0.3) is 22.4 Å². The second kappa shape index (κ2) is 10.9. The van der Waals surface area contributed by atoms with Crippen LogP contribution in [0.5, 0.6) is 5.75 Å². The maximum Gasteiger partial charge on any atom is 0.181 e. The van der Waals surface area contributed by atoms with E-state index in [1.165, 1.54) is 0 Å². The largest absolute Gasteiger partial charge is 0.468 e. The lowest BCUT2D eigenvalue weighted by Gasteiger charge is -2.33. The Morgan fingerprint density at radius 2 is 2.08 bits per heavy atom. The van der Waals surface area contributed by atoms with Crippen molar-refractivity contribution in [3.63, 3.8) is 0 Å². The number of rotatable bonds is 8. The quantitative estimate of drug-likeness (QED) is 0.234. The molecular formula is C26H28F2N8O2. The van der Waals surface area contributed by atoms with Crippen molar-refractivity contribution in [3.05, 3.63) is 65.8 Å². The molecule has 0 radical (unpaired) electrons. The summed E-state index contributed by atoms with van der Waals surface area (Å²) in [6, 6.07) is 7.97. The molecule has 0 aliphatic carbocycles. The van der Waals surface area contributed by atoms with Crippen molar-refractivity contribution in [2.45, 2.75) is 6.92 Å². The zero-order valence-corrected chi connectivity index (χ0v) is 21.1. The van der Waals surface area contributed by atoms with Gasteiger partial charge in [-0.05, 0) is 38.9 Å². The standard InChI is InChI=1S/C26H28F2N8O2/c1-16-11-17-25(28)21(12-18(27)26(17)31-16)38-15-30-24(36-8-6-35(3)7-9-36)14-22(29-2)32-23-13-19(33-34-23)20-5-4-10-37-20/h4-5,10-14,31H,2,6-9,15H2,1,3H3,(H2,32,33,34)/b22-14+,30-24+. The van der Waals surface area contributed by atoms with Crippen molar-refractivity contribution in [2.24, 2.45) is 9.98 Å².